The van der Waals surface area contributed by atoms with Gasteiger partial charge in [0.1, 0.15) is 0 Å². The van der Waals surface area contributed by atoms with Gasteiger partial charge in [-0.3, -0.25) is 4.79 Å². The standard InChI is InChI=1S/C18H18F2N2O2/c19-14-5-4-12(9-15(14)20)17-16(6-7-24-17)22-10-11-2-1-3-13(8-11)18(21)23/h1-5,8-9,16-17,22H,6-7,10H2,(H2,21,23). The van der Waals surface area contributed by atoms with Gasteiger partial charge in [0.2, 0.25) is 5.91 Å². The van der Waals surface area contributed by atoms with Gasteiger partial charge in [0, 0.05) is 24.8 Å². The van der Waals surface area contributed by atoms with Crippen LogP contribution < -0.4 is 11.1 Å². The second-order valence-electron chi connectivity index (χ2n) is 5.81. The molecule has 0 spiro atoms. The molecular formula is C18H18F2N2O2. The number of nitrogens with two attached hydrogens (primary N) is 1. The van der Waals surface area contributed by atoms with Crippen LogP contribution in [0.1, 0.15) is 34.0 Å². The first-order chi connectivity index (χ1) is 11.5. The fourth-order valence-corrected chi connectivity index (χ4v) is 2.90. The zero-order valence-corrected chi connectivity index (χ0v) is 13.0. The molecule has 0 aliphatic carbocycles. The van der Waals surface area contributed by atoms with E-state index in [4.69, 9.17) is 10.5 Å². The summed E-state index contributed by atoms with van der Waals surface area (Å²) < 4.78 is 32.2. The van der Waals surface area contributed by atoms with Crippen LogP contribution in [0.25, 0.3) is 0 Å². The van der Waals surface area contributed by atoms with Crippen molar-refractivity contribution >= 4 is 5.91 Å². The lowest BCUT2D eigenvalue weighted by molar-refractivity contribution is 0.0980. The fourth-order valence-electron chi connectivity index (χ4n) is 2.90. The molecule has 3 rings (SSSR count). The molecule has 2 aromatic rings. The number of benzene rings is 2. The molecule has 1 amide bonds. The van der Waals surface area contributed by atoms with Crippen molar-refractivity contribution in [1.82, 2.24) is 5.32 Å². The number of ether oxygens (including phenoxy) is 1. The van der Waals surface area contributed by atoms with Crippen LogP contribution in [0.2, 0.25) is 0 Å². The van der Waals surface area contributed by atoms with Gasteiger partial charge in [-0.2, -0.15) is 0 Å². The highest BCUT2D eigenvalue weighted by Crippen LogP contribution is 2.30. The molecule has 1 fully saturated rings. The van der Waals surface area contributed by atoms with E-state index in [9.17, 15) is 13.6 Å². The molecule has 1 aliphatic rings. The number of halogens is 2. The summed E-state index contributed by atoms with van der Waals surface area (Å²) in [5, 5.41) is 3.35. The molecule has 4 nitrogen and oxygen atoms in total. The van der Waals surface area contributed by atoms with Crippen molar-refractivity contribution in [2.24, 2.45) is 5.73 Å². The number of rotatable bonds is 5. The highest BCUT2D eigenvalue weighted by molar-refractivity contribution is 5.92. The first kappa shape index (κ1) is 16.5. The highest BCUT2D eigenvalue weighted by Gasteiger charge is 2.29. The quantitative estimate of drug-likeness (QED) is 0.885. The predicted octanol–water partition coefficient (Wildman–Crippen LogP) is 2.68. The van der Waals surface area contributed by atoms with Crippen LogP contribution in [0.4, 0.5) is 8.78 Å². The maximum absolute atomic E-state index is 13.4. The molecule has 2 unspecified atom stereocenters. The van der Waals surface area contributed by atoms with E-state index < -0.39 is 17.5 Å². The lowest BCUT2D eigenvalue weighted by Gasteiger charge is -2.20. The number of nitrogens with one attached hydrogen (secondary N) is 1. The van der Waals surface area contributed by atoms with Gasteiger partial charge in [0.15, 0.2) is 11.6 Å². The first-order valence-electron chi connectivity index (χ1n) is 7.73. The van der Waals surface area contributed by atoms with E-state index in [1.807, 2.05) is 6.07 Å². The van der Waals surface area contributed by atoms with Crippen LogP contribution in [0.3, 0.4) is 0 Å². The predicted molar refractivity (Wildman–Crippen MR) is 85.3 cm³/mol. The Morgan fingerprint density at radius 1 is 1.21 bits per heavy atom. The second kappa shape index (κ2) is 7.07. The summed E-state index contributed by atoms with van der Waals surface area (Å²) in [6.07, 6.45) is 0.429. The summed E-state index contributed by atoms with van der Waals surface area (Å²) in [4.78, 5) is 11.2. The van der Waals surface area contributed by atoms with E-state index in [1.54, 1.807) is 18.2 Å². The van der Waals surface area contributed by atoms with Crippen LogP contribution in [-0.2, 0) is 11.3 Å². The molecule has 24 heavy (non-hydrogen) atoms. The molecule has 2 atom stereocenters. The van der Waals surface area contributed by atoms with Crippen molar-refractivity contribution in [3.05, 3.63) is 70.8 Å². The Morgan fingerprint density at radius 3 is 2.79 bits per heavy atom. The van der Waals surface area contributed by atoms with Crippen LogP contribution >= 0.6 is 0 Å². The van der Waals surface area contributed by atoms with Gasteiger partial charge in [-0.25, -0.2) is 8.78 Å². The first-order valence-corrected chi connectivity index (χ1v) is 7.73. The molecule has 0 bridgehead atoms. The topological polar surface area (TPSA) is 64.4 Å². The summed E-state index contributed by atoms with van der Waals surface area (Å²) in [5.74, 6) is -2.22. The lowest BCUT2D eigenvalue weighted by atomic mass is 10.0. The molecule has 1 heterocycles. The van der Waals surface area contributed by atoms with Crippen LogP contribution in [0.5, 0.6) is 0 Å². The number of hydrogen-bond acceptors (Lipinski definition) is 3. The maximum atomic E-state index is 13.4. The Balaban J connectivity index is 1.69. The summed E-state index contributed by atoms with van der Waals surface area (Å²) in [7, 11) is 0. The third-order valence-corrected chi connectivity index (χ3v) is 4.14. The third kappa shape index (κ3) is 3.60. The zero-order chi connectivity index (χ0) is 17.1. The smallest absolute Gasteiger partial charge is 0.248 e. The molecule has 1 saturated heterocycles. The van der Waals surface area contributed by atoms with Crippen molar-refractivity contribution in [3.8, 4) is 0 Å². The Hall–Kier alpha value is -2.31. The molecule has 1 aliphatic heterocycles. The molecule has 2 aromatic carbocycles. The number of amides is 1. The van der Waals surface area contributed by atoms with Crippen LogP contribution in [0, 0.1) is 11.6 Å². The van der Waals surface area contributed by atoms with E-state index in [0.717, 1.165) is 18.1 Å². The van der Waals surface area contributed by atoms with Gasteiger partial charge in [-0.15, -0.1) is 0 Å². The van der Waals surface area contributed by atoms with Gasteiger partial charge in [0.05, 0.1) is 6.10 Å². The van der Waals surface area contributed by atoms with E-state index in [2.05, 4.69) is 5.32 Å². The SMILES string of the molecule is NC(=O)c1cccc(CNC2CCOC2c2ccc(F)c(F)c2)c1. The highest BCUT2D eigenvalue weighted by atomic mass is 19.2. The van der Waals surface area contributed by atoms with Crippen LogP contribution in [0.15, 0.2) is 42.5 Å². The van der Waals surface area contributed by atoms with Crippen molar-refractivity contribution < 1.29 is 18.3 Å². The van der Waals surface area contributed by atoms with Gasteiger partial charge < -0.3 is 15.8 Å². The number of primary amides is 1. The van der Waals surface area contributed by atoms with Crippen molar-refractivity contribution in [3.63, 3.8) is 0 Å². The zero-order valence-electron chi connectivity index (χ0n) is 13.0. The monoisotopic (exact) mass is 332 g/mol. The van der Waals surface area contributed by atoms with Crippen molar-refractivity contribution in [2.75, 3.05) is 6.61 Å². The second-order valence-corrected chi connectivity index (χ2v) is 5.81. The van der Waals surface area contributed by atoms with E-state index in [1.165, 1.54) is 12.1 Å². The van der Waals surface area contributed by atoms with Gasteiger partial charge in [-0.1, -0.05) is 18.2 Å². The van der Waals surface area contributed by atoms with Gasteiger partial charge >= 0.3 is 0 Å². The molecule has 0 saturated carbocycles. The number of carbonyl (C=O) groups excluding carboxylic acids is 1. The molecule has 3 N–H and O–H groups in total. The van der Waals surface area contributed by atoms with E-state index in [0.29, 0.717) is 24.3 Å². The molecule has 6 heteroatoms. The summed E-state index contributed by atoms with van der Waals surface area (Å²) in [5.41, 5.74) is 7.26. The molecule has 126 valence electrons. The van der Waals surface area contributed by atoms with E-state index >= 15 is 0 Å². The normalized spacial score (nSPS) is 20.2. The number of carbonyl (C=O) groups is 1. The van der Waals surface area contributed by atoms with Gasteiger partial charge in [0.25, 0.3) is 0 Å². The van der Waals surface area contributed by atoms with Crippen molar-refractivity contribution in [1.29, 1.82) is 0 Å². The fraction of sp³-hybridized carbons (Fsp3) is 0.278. The molecule has 0 aromatic heterocycles. The Morgan fingerprint density at radius 2 is 2.04 bits per heavy atom. The van der Waals surface area contributed by atoms with E-state index in [-0.39, 0.29) is 12.1 Å². The Kier molecular flexibility index (Phi) is 4.87. The Bertz CT molecular complexity index is 752. The maximum Gasteiger partial charge on any atom is 0.248 e. The Labute approximate surface area is 138 Å². The van der Waals surface area contributed by atoms with Gasteiger partial charge in [-0.05, 0) is 41.8 Å². The average molecular weight is 332 g/mol. The minimum Gasteiger partial charge on any atom is -0.372 e. The third-order valence-electron chi connectivity index (χ3n) is 4.14. The minimum absolute atomic E-state index is 0.0212. The summed E-state index contributed by atoms with van der Waals surface area (Å²) >= 11 is 0. The lowest BCUT2D eigenvalue weighted by Crippen LogP contribution is -2.31. The molecule has 0 radical (unpaired) electrons. The van der Waals surface area contributed by atoms with Crippen molar-refractivity contribution in [2.45, 2.75) is 25.1 Å². The summed E-state index contributed by atoms with van der Waals surface area (Å²) in [6.45, 7) is 1.07. The van der Waals surface area contributed by atoms with Crippen LogP contribution in [-0.4, -0.2) is 18.6 Å². The molecular weight excluding hydrogens is 314 g/mol. The average Bonchev–Trinajstić information content (AvgIpc) is 3.04. The minimum atomic E-state index is -0.879. The summed E-state index contributed by atoms with van der Waals surface area (Å²) in [6, 6.07) is 10.9. The number of hydrogen-bond donors (Lipinski definition) is 2. The largest absolute Gasteiger partial charge is 0.372 e.